The molecule has 0 radical (unpaired) electrons. The molecule has 1 aromatic rings. The number of nitrogens with one attached hydrogen (secondary N) is 1. The van der Waals surface area contributed by atoms with Crippen molar-refractivity contribution in [2.75, 3.05) is 13.7 Å². The highest BCUT2D eigenvalue weighted by Crippen LogP contribution is 2.14. The predicted octanol–water partition coefficient (Wildman–Crippen LogP) is 3.18. The molecule has 0 fully saturated rings. The summed E-state index contributed by atoms with van der Waals surface area (Å²) in [6.07, 6.45) is 4.17. The zero-order valence-corrected chi connectivity index (χ0v) is 11.4. The van der Waals surface area contributed by atoms with E-state index in [1.165, 1.54) is 12.0 Å². The molecule has 1 heterocycles. The number of hydrogen-bond acceptors (Lipinski definition) is 3. The Morgan fingerprint density at radius 3 is 2.59 bits per heavy atom. The van der Waals surface area contributed by atoms with E-state index in [4.69, 9.17) is 4.74 Å². The van der Waals surface area contributed by atoms with E-state index in [0.717, 1.165) is 24.8 Å². The maximum atomic E-state index is 5.59. The Balaban J connectivity index is 2.35. The first-order valence-electron chi connectivity index (χ1n) is 6.39. The van der Waals surface area contributed by atoms with Crippen LogP contribution >= 0.6 is 0 Å². The predicted molar refractivity (Wildman–Crippen MR) is 71.3 cm³/mol. The molecular formula is C14H24N2O. The van der Waals surface area contributed by atoms with Crippen molar-refractivity contribution in [3.8, 4) is 5.88 Å². The van der Waals surface area contributed by atoms with Gasteiger partial charge in [0.15, 0.2) is 0 Å². The summed E-state index contributed by atoms with van der Waals surface area (Å²) >= 11 is 0. The van der Waals surface area contributed by atoms with Crippen molar-refractivity contribution in [1.82, 2.24) is 10.3 Å². The maximum Gasteiger partial charge on any atom is 0.213 e. The van der Waals surface area contributed by atoms with Crippen molar-refractivity contribution < 1.29 is 4.74 Å². The topological polar surface area (TPSA) is 34.1 Å². The molecular weight excluding hydrogens is 212 g/mol. The minimum absolute atomic E-state index is 0.331. The van der Waals surface area contributed by atoms with Gasteiger partial charge in [-0.25, -0.2) is 4.98 Å². The maximum absolute atomic E-state index is 5.59. The molecule has 0 bridgehead atoms. The summed E-state index contributed by atoms with van der Waals surface area (Å²) in [5.41, 5.74) is 1.18. The van der Waals surface area contributed by atoms with Crippen LogP contribution in [0.4, 0.5) is 0 Å². The highest BCUT2D eigenvalue weighted by Gasteiger charge is 2.03. The van der Waals surface area contributed by atoms with E-state index in [2.05, 4.69) is 37.1 Å². The molecule has 1 rings (SSSR count). The highest BCUT2D eigenvalue weighted by molar-refractivity contribution is 5.20. The molecule has 0 saturated carbocycles. The molecule has 0 spiro atoms. The Kier molecular flexibility index (Phi) is 5.98. The molecule has 1 atom stereocenters. The molecule has 0 aliphatic heterocycles. The lowest BCUT2D eigenvalue weighted by Gasteiger charge is -2.11. The Hall–Kier alpha value is -1.09. The summed E-state index contributed by atoms with van der Waals surface area (Å²) in [5.74, 6) is 1.46. The second-order valence-electron chi connectivity index (χ2n) is 4.82. The van der Waals surface area contributed by atoms with Gasteiger partial charge in [-0.05, 0) is 38.3 Å². The van der Waals surface area contributed by atoms with E-state index >= 15 is 0 Å². The average Bonchev–Trinajstić information content (AvgIpc) is 2.34. The van der Waals surface area contributed by atoms with Crippen LogP contribution in [0.2, 0.25) is 0 Å². The van der Waals surface area contributed by atoms with Crippen LogP contribution in [0.25, 0.3) is 0 Å². The van der Waals surface area contributed by atoms with Gasteiger partial charge in [0.1, 0.15) is 0 Å². The average molecular weight is 236 g/mol. The van der Waals surface area contributed by atoms with Crippen LogP contribution in [0.3, 0.4) is 0 Å². The standard InChI is InChI=1S/C14H24N2O/c1-11(2)6-5-9-17-14-8-7-13(10-16-14)12(3)15-4/h7-8,10-12,15H,5-6,9H2,1-4H3. The van der Waals surface area contributed by atoms with Gasteiger partial charge in [0.05, 0.1) is 6.61 Å². The highest BCUT2D eigenvalue weighted by atomic mass is 16.5. The largest absolute Gasteiger partial charge is 0.478 e. The van der Waals surface area contributed by atoms with Crippen molar-refractivity contribution in [3.63, 3.8) is 0 Å². The first-order valence-corrected chi connectivity index (χ1v) is 6.39. The third-order valence-corrected chi connectivity index (χ3v) is 2.87. The monoisotopic (exact) mass is 236 g/mol. The lowest BCUT2D eigenvalue weighted by atomic mass is 10.1. The lowest BCUT2D eigenvalue weighted by molar-refractivity contribution is 0.287. The van der Waals surface area contributed by atoms with Crippen molar-refractivity contribution >= 4 is 0 Å². The molecule has 1 unspecified atom stereocenters. The number of pyridine rings is 1. The van der Waals surface area contributed by atoms with Gasteiger partial charge in [-0.1, -0.05) is 19.9 Å². The number of rotatable bonds is 7. The molecule has 0 amide bonds. The Labute approximate surface area is 105 Å². The van der Waals surface area contributed by atoms with Gasteiger partial charge in [-0.15, -0.1) is 0 Å². The lowest BCUT2D eigenvalue weighted by Crippen LogP contribution is -2.12. The third kappa shape index (κ3) is 5.18. The number of ether oxygens (including phenoxy) is 1. The van der Waals surface area contributed by atoms with Crippen LogP contribution in [0.1, 0.15) is 45.2 Å². The molecule has 1 aromatic heterocycles. The molecule has 3 heteroatoms. The molecule has 96 valence electrons. The Bertz CT molecular complexity index is 309. The minimum Gasteiger partial charge on any atom is -0.478 e. The van der Waals surface area contributed by atoms with Gasteiger partial charge in [0.25, 0.3) is 0 Å². The fourth-order valence-electron chi connectivity index (χ4n) is 1.57. The van der Waals surface area contributed by atoms with E-state index in [1.54, 1.807) is 0 Å². The van der Waals surface area contributed by atoms with Crippen LogP contribution in [0.5, 0.6) is 5.88 Å². The summed E-state index contributed by atoms with van der Waals surface area (Å²) in [4.78, 5) is 4.30. The molecule has 0 aliphatic carbocycles. The van der Waals surface area contributed by atoms with Gasteiger partial charge in [0.2, 0.25) is 5.88 Å². The van der Waals surface area contributed by atoms with Crippen molar-refractivity contribution in [2.45, 2.75) is 39.7 Å². The van der Waals surface area contributed by atoms with E-state index in [9.17, 15) is 0 Å². The summed E-state index contributed by atoms with van der Waals surface area (Å²) in [6.45, 7) is 7.32. The molecule has 0 saturated heterocycles. The Morgan fingerprint density at radius 1 is 1.29 bits per heavy atom. The number of hydrogen-bond donors (Lipinski definition) is 1. The zero-order chi connectivity index (χ0) is 12.7. The van der Waals surface area contributed by atoms with E-state index < -0.39 is 0 Å². The van der Waals surface area contributed by atoms with Crippen LogP contribution in [-0.4, -0.2) is 18.6 Å². The normalized spacial score (nSPS) is 12.8. The molecule has 1 N–H and O–H groups in total. The number of aromatic nitrogens is 1. The zero-order valence-electron chi connectivity index (χ0n) is 11.4. The van der Waals surface area contributed by atoms with Crippen LogP contribution in [0, 0.1) is 5.92 Å². The molecule has 0 aromatic carbocycles. The van der Waals surface area contributed by atoms with Crippen molar-refractivity contribution in [3.05, 3.63) is 23.9 Å². The van der Waals surface area contributed by atoms with Crippen LogP contribution in [0.15, 0.2) is 18.3 Å². The van der Waals surface area contributed by atoms with Crippen LogP contribution < -0.4 is 10.1 Å². The first kappa shape index (κ1) is 14.0. The van der Waals surface area contributed by atoms with Gasteiger partial charge < -0.3 is 10.1 Å². The molecule has 3 nitrogen and oxygen atoms in total. The Morgan fingerprint density at radius 2 is 2.06 bits per heavy atom. The molecule has 17 heavy (non-hydrogen) atoms. The van der Waals surface area contributed by atoms with E-state index in [0.29, 0.717) is 6.04 Å². The van der Waals surface area contributed by atoms with Crippen LogP contribution in [-0.2, 0) is 0 Å². The second kappa shape index (κ2) is 7.28. The van der Waals surface area contributed by atoms with Gasteiger partial charge in [0, 0.05) is 18.3 Å². The fraction of sp³-hybridized carbons (Fsp3) is 0.643. The summed E-state index contributed by atoms with van der Waals surface area (Å²) in [6, 6.07) is 4.34. The smallest absolute Gasteiger partial charge is 0.213 e. The van der Waals surface area contributed by atoms with Gasteiger partial charge in [-0.2, -0.15) is 0 Å². The second-order valence-corrected chi connectivity index (χ2v) is 4.82. The SMILES string of the molecule is CNC(C)c1ccc(OCCCC(C)C)nc1. The third-order valence-electron chi connectivity index (χ3n) is 2.87. The van der Waals surface area contributed by atoms with Gasteiger partial charge >= 0.3 is 0 Å². The van der Waals surface area contributed by atoms with Gasteiger partial charge in [-0.3, -0.25) is 0 Å². The summed E-state index contributed by atoms with van der Waals surface area (Å²) in [5, 5.41) is 3.18. The summed E-state index contributed by atoms with van der Waals surface area (Å²) < 4.78 is 5.59. The van der Waals surface area contributed by atoms with Crippen molar-refractivity contribution in [1.29, 1.82) is 0 Å². The fourth-order valence-corrected chi connectivity index (χ4v) is 1.57. The van der Waals surface area contributed by atoms with Crippen molar-refractivity contribution in [2.24, 2.45) is 5.92 Å². The quantitative estimate of drug-likeness (QED) is 0.738. The first-order chi connectivity index (χ1) is 8.13. The molecule has 0 aliphatic rings. The minimum atomic E-state index is 0.331. The number of nitrogens with zero attached hydrogens (tertiary/aromatic N) is 1. The van der Waals surface area contributed by atoms with E-state index in [1.807, 2.05) is 19.3 Å². The summed E-state index contributed by atoms with van der Waals surface area (Å²) in [7, 11) is 1.95. The van der Waals surface area contributed by atoms with E-state index in [-0.39, 0.29) is 0 Å².